The molecule has 114 valence electrons. The van der Waals surface area contributed by atoms with E-state index in [1.54, 1.807) is 6.20 Å². The molecule has 0 radical (unpaired) electrons. The molecule has 3 heterocycles. The molecule has 22 heavy (non-hydrogen) atoms. The Kier molecular flexibility index (Phi) is 3.38. The first-order valence-corrected chi connectivity index (χ1v) is 7.50. The molecule has 4 rings (SSSR count). The molecule has 1 aromatic carbocycles. The molecule has 2 aromatic rings. The number of benzene rings is 1. The molecule has 1 saturated heterocycles. The van der Waals surface area contributed by atoms with E-state index in [1.165, 1.54) is 19.3 Å². The summed E-state index contributed by atoms with van der Waals surface area (Å²) < 4.78 is 10.7. The maximum atomic E-state index is 5.38. The van der Waals surface area contributed by atoms with Gasteiger partial charge in [-0.2, -0.15) is 10.1 Å². The zero-order valence-corrected chi connectivity index (χ0v) is 12.2. The smallest absolute Gasteiger partial charge is 0.247 e. The average molecular weight is 299 g/mol. The second-order valence-electron chi connectivity index (χ2n) is 5.38. The van der Waals surface area contributed by atoms with Crippen LogP contribution in [0.4, 0.5) is 17.5 Å². The maximum absolute atomic E-state index is 5.38. The fourth-order valence-electron chi connectivity index (χ4n) is 2.70. The van der Waals surface area contributed by atoms with E-state index < -0.39 is 0 Å². The van der Waals surface area contributed by atoms with Crippen molar-refractivity contribution in [3.8, 4) is 11.5 Å². The van der Waals surface area contributed by atoms with Gasteiger partial charge in [-0.15, -0.1) is 5.10 Å². The third-order valence-electron chi connectivity index (χ3n) is 3.83. The lowest BCUT2D eigenvalue weighted by atomic mass is 10.1. The number of hydrogen-bond acceptors (Lipinski definition) is 7. The summed E-state index contributed by atoms with van der Waals surface area (Å²) in [6.07, 6.45) is 5.27. The van der Waals surface area contributed by atoms with Gasteiger partial charge < -0.3 is 19.7 Å². The number of rotatable bonds is 3. The van der Waals surface area contributed by atoms with Crippen LogP contribution in [0.1, 0.15) is 19.3 Å². The molecular weight excluding hydrogens is 282 g/mol. The molecule has 7 heteroatoms. The lowest BCUT2D eigenvalue weighted by molar-refractivity contribution is 0.174. The molecule has 2 aliphatic rings. The van der Waals surface area contributed by atoms with E-state index in [1.807, 2.05) is 18.2 Å². The van der Waals surface area contributed by atoms with E-state index in [9.17, 15) is 0 Å². The van der Waals surface area contributed by atoms with E-state index in [2.05, 4.69) is 25.4 Å². The Labute approximate surface area is 128 Å². The van der Waals surface area contributed by atoms with Crippen molar-refractivity contribution in [1.82, 2.24) is 15.2 Å². The highest BCUT2D eigenvalue weighted by Gasteiger charge is 2.16. The Morgan fingerprint density at radius 3 is 2.82 bits per heavy atom. The Morgan fingerprint density at radius 1 is 1.05 bits per heavy atom. The summed E-state index contributed by atoms with van der Waals surface area (Å²) in [5.41, 5.74) is 0.884. The molecule has 2 aliphatic heterocycles. The molecular formula is C15H17N5O2. The topological polar surface area (TPSA) is 72.4 Å². The van der Waals surface area contributed by atoms with Crippen LogP contribution in [0.15, 0.2) is 24.4 Å². The summed E-state index contributed by atoms with van der Waals surface area (Å²) in [6.45, 7) is 2.26. The maximum Gasteiger partial charge on any atom is 0.247 e. The summed E-state index contributed by atoms with van der Waals surface area (Å²) in [5, 5.41) is 11.4. The Morgan fingerprint density at radius 2 is 1.91 bits per heavy atom. The lowest BCUT2D eigenvalue weighted by Gasteiger charge is -2.26. The fourth-order valence-corrected chi connectivity index (χ4v) is 2.70. The number of nitrogens with one attached hydrogen (secondary N) is 1. The second kappa shape index (κ2) is 5.67. The molecule has 1 aromatic heterocycles. The van der Waals surface area contributed by atoms with Crippen molar-refractivity contribution in [3.63, 3.8) is 0 Å². The summed E-state index contributed by atoms with van der Waals surface area (Å²) >= 11 is 0. The minimum absolute atomic E-state index is 0.271. The van der Waals surface area contributed by atoms with E-state index in [0.29, 0.717) is 11.8 Å². The van der Waals surface area contributed by atoms with Gasteiger partial charge in [-0.25, -0.2) is 0 Å². The normalized spacial score (nSPS) is 16.6. The molecule has 0 saturated carbocycles. The van der Waals surface area contributed by atoms with E-state index in [-0.39, 0.29) is 6.79 Å². The highest BCUT2D eigenvalue weighted by atomic mass is 16.7. The molecule has 1 fully saturated rings. The Balaban J connectivity index is 1.53. The van der Waals surface area contributed by atoms with Crippen LogP contribution in [0.3, 0.4) is 0 Å². The summed E-state index contributed by atoms with van der Waals surface area (Å²) in [7, 11) is 0. The molecule has 1 N–H and O–H groups in total. The number of ether oxygens (including phenoxy) is 2. The van der Waals surface area contributed by atoms with E-state index >= 15 is 0 Å². The first-order valence-electron chi connectivity index (χ1n) is 7.50. The third kappa shape index (κ3) is 2.61. The zero-order chi connectivity index (χ0) is 14.8. The van der Waals surface area contributed by atoms with Crippen molar-refractivity contribution in [2.75, 3.05) is 30.1 Å². The van der Waals surface area contributed by atoms with Crippen LogP contribution >= 0.6 is 0 Å². The second-order valence-corrected chi connectivity index (χ2v) is 5.38. The molecule has 0 aliphatic carbocycles. The number of fused-ring (bicyclic) bond motifs is 1. The van der Waals surface area contributed by atoms with Crippen LogP contribution in [0.25, 0.3) is 0 Å². The predicted molar refractivity (Wildman–Crippen MR) is 81.7 cm³/mol. The van der Waals surface area contributed by atoms with E-state index in [0.717, 1.165) is 30.3 Å². The van der Waals surface area contributed by atoms with E-state index in [4.69, 9.17) is 9.47 Å². The number of aromatic nitrogens is 3. The molecule has 7 nitrogen and oxygen atoms in total. The monoisotopic (exact) mass is 299 g/mol. The van der Waals surface area contributed by atoms with Gasteiger partial charge in [0.15, 0.2) is 17.3 Å². The average Bonchev–Trinajstić information content (AvgIpc) is 3.04. The van der Waals surface area contributed by atoms with Crippen molar-refractivity contribution < 1.29 is 9.47 Å². The van der Waals surface area contributed by atoms with Gasteiger partial charge in [-0.05, 0) is 31.4 Å². The zero-order valence-electron chi connectivity index (χ0n) is 12.2. The first-order chi connectivity index (χ1) is 10.9. The van der Waals surface area contributed by atoms with Gasteiger partial charge in [0.1, 0.15) is 0 Å². The van der Waals surface area contributed by atoms with Crippen LogP contribution in [0, 0.1) is 0 Å². The van der Waals surface area contributed by atoms with Crippen molar-refractivity contribution in [1.29, 1.82) is 0 Å². The molecule has 0 atom stereocenters. The van der Waals surface area contributed by atoms with Gasteiger partial charge in [-0.1, -0.05) is 0 Å². The summed E-state index contributed by atoms with van der Waals surface area (Å²) in [6, 6.07) is 5.70. The molecule has 0 unspecified atom stereocenters. The molecule has 0 spiro atoms. The SMILES string of the molecule is c1cc2c(cc1Nc1cnnc(N3CCCCC3)n1)OCO2. The third-order valence-corrected chi connectivity index (χ3v) is 3.83. The molecule has 0 bridgehead atoms. The van der Waals surface area contributed by atoms with Crippen LogP contribution in [-0.2, 0) is 0 Å². The van der Waals surface area contributed by atoms with Gasteiger partial charge in [0.2, 0.25) is 12.7 Å². The number of piperidine rings is 1. The van der Waals surface area contributed by atoms with Gasteiger partial charge in [0.05, 0.1) is 6.20 Å². The van der Waals surface area contributed by atoms with Gasteiger partial charge in [-0.3, -0.25) is 0 Å². The minimum atomic E-state index is 0.271. The van der Waals surface area contributed by atoms with Crippen LogP contribution < -0.4 is 19.7 Å². The largest absolute Gasteiger partial charge is 0.454 e. The Bertz CT molecular complexity index is 673. The van der Waals surface area contributed by atoms with Crippen molar-refractivity contribution in [2.45, 2.75) is 19.3 Å². The van der Waals surface area contributed by atoms with Crippen LogP contribution in [0.5, 0.6) is 11.5 Å². The fraction of sp³-hybridized carbons (Fsp3) is 0.400. The van der Waals surface area contributed by atoms with Crippen molar-refractivity contribution in [2.24, 2.45) is 0 Å². The van der Waals surface area contributed by atoms with Crippen LogP contribution in [-0.4, -0.2) is 35.1 Å². The number of hydrogen-bond donors (Lipinski definition) is 1. The van der Waals surface area contributed by atoms with Gasteiger partial charge in [0, 0.05) is 24.8 Å². The van der Waals surface area contributed by atoms with Gasteiger partial charge >= 0.3 is 0 Å². The Hall–Kier alpha value is -2.57. The number of anilines is 3. The number of nitrogens with zero attached hydrogens (tertiary/aromatic N) is 4. The summed E-state index contributed by atoms with van der Waals surface area (Å²) in [5.74, 6) is 2.86. The highest BCUT2D eigenvalue weighted by Crippen LogP contribution is 2.34. The minimum Gasteiger partial charge on any atom is -0.454 e. The first kappa shape index (κ1) is 13.1. The lowest BCUT2D eigenvalue weighted by Crippen LogP contribution is -2.31. The molecule has 0 amide bonds. The standard InChI is InChI=1S/C15H17N5O2/c1-2-6-20(7-3-1)15-18-14(9-16-19-15)17-11-4-5-12-13(8-11)22-10-21-12/h4-5,8-9H,1-3,6-7,10H2,(H,17,18,19). The van der Waals surface area contributed by atoms with Crippen molar-refractivity contribution in [3.05, 3.63) is 24.4 Å². The summed E-state index contributed by atoms with van der Waals surface area (Å²) in [4.78, 5) is 6.74. The highest BCUT2D eigenvalue weighted by molar-refractivity contribution is 5.61. The predicted octanol–water partition coefficient (Wildman–Crippen LogP) is 2.33. The van der Waals surface area contributed by atoms with Gasteiger partial charge in [0.25, 0.3) is 0 Å². The van der Waals surface area contributed by atoms with Crippen molar-refractivity contribution >= 4 is 17.5 Å². The quantitative estimate of drug-likeness (QED) is 0.932. The van der Waals surface area contributed by atoms with Crippen LogP contribution in [0.2, 0.25) is 0 Å².